The van der Waals surface area contributed by atoms with Gasteiger partial charge < -0.3 is 14.4 Å². The Kier molecular flexibility index (Phi) is 5.76. The molecular weight excluding hydrogens is 368 g/mol. The highest BCUT2D eigenvalue weighted by atomic mass is 32.1. The van der Waals surface area contributed by atoms with Crippen LogP contribution in [0.4, 0.5) is 0 Å². The number of rotatable bonds is 5. The van der Waals surface area contributed by atoms with Crippen molar-refractivity contribution in [3.05, 3.63) is 55.3 Å². The fourth-order valence-corrected chi connectivity index (χ4v) is 4.14. The molecule has 2 aromatic rings. The van der Waals surface area contributed by atoms with E-state index in [1.807, 2.05) is 6.07 Å². The molecule has 7 nitrogen and oxygen atoms in total. The van der Waals surface area contributed by atoms with E-state index in [-0.39, 0.29) is 5.91 Å². The Morgan fingerprint density at radius 2 is 1.89 bits per heavy atom. The van der Waals surface area contributed by atoms with Crippen LogP contribution in [0.3, 0.4) is 0 Å². The molecule has 0 unspecified atom stereocenters. The van der Waals surface area contributed by atoms with Gasteiger partial charge in [0.25, 0.3) is 5.91 Å². The molecule has 3 heterocycles. The molecule has 0 saturated carbocycles. The first-order valence-electron chi connectivity index (χ1n) is 8.80. The van der Waals surface area contributed by atoms with Crippen LogP contribution in [0.5, 0.6) is 0 Å². The predicted octanol–water partition coefficient (Wildman–Crippen LogP) is 2.02. The van der Waals surface area contributed by atoms with Crippen molar-refractivity contribution in [1.82, 2.24) is 9.80 Å². The number of nitrogens with zero attached hydrogens (tertiary/aromatic N) is 2. The third-order valence-corrected chi connectivity index (χ3v) is 5.89. The van der Waals surface area contributed by atoms with E-state index in [9.17, 15) is 14.4 Å². The van der Waals surface area contributed by atoms with Crippen molar-refractivity contribution in [3.63, 3.8) is 0 Å². The maximum absolute atomic E-state index is 12.8. The molecular formula is C19H22N2O5S. The summed E-state index contributed by atoms with van der Waals surface area (Å²) < 4.78 is 5.07. The molecule has 144 valence electrons. The number of thiophene rings is 1. The maximum atomic E-state index is 12.8. The third kappa shape index (κ3) is 4.45. The fraction of sp³-hybridized carbons (Fsp3) is 0.421. The minimum absolute atomic E-state index is 0.0993. The number of hydrogen-bond acceptors (Lipinski definition) is 6. The molecule has 1 saturated heterocycles. The second-order valence-electron chi connectivity index (χ2n) is 6.63. The van der Waals surface area contributed by atoms with Crippen molar-refractivity contribution in [2.24, 2.45) is 0 Å². The Bertz CT molecular complexity index is 883. The quantitative estimate of drug-likeness (QED) is 0.840. The van der Waals surface area contributed by atoms with Gasteiger partial charge >= 0.3 is 11.6 Å². The van der Waals surface area contributed by atoms with Gasteiger partial charge in [-0.2, -0.15) is 0 Å². The number of aryl methyl sites for hydroxylation is 2. The average Bonchev–Trinajstić information content (AvgIpc) is 3.09. The van der Waals surface area contributed by atoms with E-state index in [4.69, 9.17) is 9.52 Å². The van der Waals surface area contributed by atoms with Crippen LogP contribution < -0.4 is 5.63 Å². The van der Waals surface area contributed by atoms with Crippen molar-refractivity contribution in [2.75, 3.05) is 32.7 Å². The summed E-state index contributed by atoms with van der Waals surface area (Å²) in [5.74, 6) is -0.627. The highest BCUT2D eigenvalue weighted by Gasteiger charge is 2.25. The first-order valence-corrected chi connectivity index (χ1v) is 9.62. The largest absolute Gasteiger partial charge is 0.477 e. The fourth-order valence-electron chi connectivity index (χ4n) is 3.31. The topological polar surface area (TPSA) is 91.1 Å². The van der Waals surface area contributed by atoms with Gasteiger partial charge in [0.1, 0.15) is 10.6 Å². The molecule has 0 bridgehead atoms. The lowest BCUT2D eigenvalue weighted by Gasteiger charge is -2.35. The van der Waals surface area contributed by atoms with Crippen LogP contribution in [-0.2, 0) is 6.42 Å². The van der Waals surface area contributed by atoms with Crippen LogP contribution >= 0.6 is 11.3 Å². The lowest BCUT2D eigenvalue weighted by molar-refractivity contribution is 0.0633. The van der Waals surface area contributed by atoms with E-state index in [0.29, 0.717) is 34.9 Å². The summed E-state index contributed by atoms with van der Waals surface area (Å²) in [6.45, 7) is 6.98. The molecule has 8 heteroatoms. The predicted molar refractivity (Wildman–Crippen MR) is 102 cm³/mol. The van der Waals surface area contributed by atoms with Crippen molar-refractivity contribution in [3.8, 4) is 0 Å². The molecule has 27 heavy (non-hydrogen) atoms. The normalized spacial score (nSPS) is 15.1. The number of hydrogen-bond donors (Lipinski definition) is 1. The molecule has 0 atom stereocenters. The SMILES string of the molecule is Cc1cc(=O)oc(C)c1C(=O)N1CCN(CCc2ccc(C(=O)O)s2)CC1. The summed E-state index contributed by atoms with van der Waals surface area (Å²) in [5, 5.41) is 8.98. The number of carboxylic acid groups (broad SMARTS) is 1. The molecule has 0 aliphatic carbocycles. The van der Waals surface area contributed by atoms with E-state index in [1.54, 1.807) is 24.8 Å². The Hall–Kier alpha value is -2.45. The summed E-state index contributed by atoms with van der Waals surface area (Å²) in [5.41, 5.74) is 0.678. The van der Waals surface area contributed by atoms with Crippen LogP contribution in [0.15, 0.2) is 27.4 Å². The van der Waals surface area contributed by atoms with Crippen LogP contribution in [0.1, 0.15) is 36.2 Å². The van der Waals surface area contributed by atoms with Crippen LogP contribution in [0.2, 0.25) is 0 Å². The van der Waals surface area contributed by atoms with Gasteiger partial charge in [0.2, 0.25) is 0 Å². The summed E-state index contributed by atoms with van der Waals surface area (Å²) in [6, 6.07) is 4.85. The van der Waals surface area contributed by atoms with E-state index < -0.39 is 11.6 Å². The monoisotopic (exact) mass is 390 g/mol. The Labute approximate surface area is 160 Å². The van der Waals surface area contributed by atoms with Gasteiger partial charge in [-0.05, 0) is 38.0 Å². The number of carbonyl (C=O) groups excluding carboxylic acids is 1. The Morgan fingerprint density at radius 1 is 1.19 bits per heavy atom. The van der Waals surface area contributed by atoms with Crippen molar-refractivity contribution in [1.29, 1.82) is 0 Å². The van der Waals surface area contributed by atoms with Crippen molar-refractivity contribution < 1.29 is 19.1 Å². The first-order chi connectivity index (χ1) is 12.8. The number of carbonyl (C=O) groups is 2. The lowest BCUT2D eigenvalue weighted by Crippen LogP contribution is -2.49. The number of piperazine rings is 1. The molecule has 0 radical (unpaired) electrons. The molecule has 2 aromatic heterocycles. The average molecular weight is 390 g/mol. The van der Waals surface area contributed by atoms with Gasteiger partial charge in [-0.15, -0.1) is 11.3 Å². The maximum Gasteiger partial charge on any atom is 0.345 e. The molecule has 1 amide bonds. The first kappa shape index (κ1) is 19.3. The minimum atomic E-state index is -0.888. The zero-order valence-electron chi connectivity index (χ0n) is 15.4. The van der Waals surface area contributed by atoms with E-state index in [2.05, 4.69) is 4.90 Å². The summed E-state index contributed by atoms with van der Waals surface area (Å²) in [7, 11) is 0. The Balaban J connectivity index is 1.55. The van der Waals surface area contributed by atoms with Crippen LogP contribution in [0, 0.1) is 13.8 Å². The molecule has 1 fully saturated rings. The van der Waals surface area contributed by atoms with Gasteiger partial charge in [-0.25, -0.2) is 9.59 Å². The van der Waals surface area contributed by atoms with Crippen molar-refractivity contribution >= 4 is 23.2 Å². The molecule has 1 N–H and O–H groups in total. The van der Waals surface area contributed by atoms with Crippen molar-refractivity contribution in [2.45, 2.75) is 20.3 Å². The molecule has 1 aliphatic rings. The van der Waals surface area contributed by atoms with E-state index in [1.165, 1.54) is 17.4 Å². The standard InChI is InChI=1S/C19H22N2O5S/c1-12-11-16(22)26-13(2)17(12)18(23)21-9-7-20(8-10-21)6-5-14-3-4-15(27-14)19(24)25/h3-4,11H,5-10H2,1-2H3,(H,24,25). The zero-order valence-corrected chi connectivity index (χ0v) is 16.2. The highest BCUT2D eigenvalue weighted by Crippen LogP contribution is 2.18. The second-order valence-corrected chi connectivity index (χ2v) is 7.80. The zero-order chi connectivity index (χ0) is 19.6. The highest BCUT2D eigenvalue weighted by molar-refractivity contribution is 7.13. The number of carboxylic acids is 1. The number of aromatic carboxylic acids is 1. The van der Waals surface area contributed by atoms with Crippen LogP contribution in [0.25, 0.3) is 0 Å². The number of amides is 1. The molecule has 0 spiro atoms. The third-order valence-electron chi connectivity index (χ3n) is 4.75. The second kappa shape index (κ2) is 8.06. The molecule has 0 aromatic carbocycles. The molecule has 1 aliphatic heterocycles. The summed E-state index contributed by atoms with van der Waals surface area (Å²) in [6.07, 6.45) is 0.800. The minimum Gasteiger partial charge on any atom is -0.477 e. The van der Waals surface area contributed by atoms with Gasteiger partial charge in [0, 0.05) is 43.7 Å². The van der Waals surface area contributed by atoms with Gasteiger partial charge in [-0.3, -0.25) is 9.69 Å². The Morgan fingerprint density at radius 3 is 2.48 bits per heavy atom. The molecule has 3 rings (SSSR count). The van der Waals surface area contributed by atoms with Crippen LogP contribution in [-0.4, -0.2) is 59.5 Å². The lowest BCUT2D eigenvalue weighted by atomic mass is 10.1. The van der Waals surface area contributed by atoms with Gasteiger partial charge in [0.05, 0.1) is 5.56 Å². The van der Waals surface area contributed by atoms with E-state index in [0.717, 1.165) is 30.9 Å². The van der Waals surface area contributed by atoms with Gasteiger partial charge in [0.15, 0.2) is 0 Å². The summed E-state index contributed by atoms with van der Waals surface area (Å²) in [4.78, 5) is 40.6. The van der Waals surface area contributed by atoms with Gasteiger partial charge in [-0.1, -0.05) is 0 Å². The van der Waals surface area contributed by atoms with E-state index >= 15 is 0 Å². The smallest absolute Gasteiger partial charge is 0.345 e. The summed E-state index contributed by atoms with van der Waals surface area (Å²) >= 11 is 1.31.